The summed E-state index contributed by atoms with van der Waals surface area (Å²) >= 11 is 0. The molecule has 0 saturated heterocycles. The van der Waals surface area contributed by atoms with Gasteiger partial charge in [0, 0.05) is 19.5 Å². The zero-order valence-electron chi connectivity index (χ0n) is 13.3. The van der Waals surface area contributed by atoms with Crippen LogP contribution in [0.2, 0.25) is 0 Å². The highest BCUT2D eigenvalue weighted by atomic mass is 16.4. The summed E-state index contributed by atoms with van der Waals surface area (Å²) in [5.41, 5.74) is 1.29. The number of nitrogens with zero attached hydrogens (tertiary/aromatic N) is 2. The summed E-state index contributed by atoms with van der Waals surface area (Å²) in [6.07, 6.45) is -0.00459. The van der Waals surface area contributed by atoms with Gasteiger partial charge >= 0.3 is 11.7 Å². The Morgan fingerprint density at radius 3 is 2.39 bits per heavy atom. The molecule has 1 unspecified atom stereocenters. The van der Waals surface area contributed by atoms with E-state index in [1.165, 1.54) is 4.57 Å². The number of para-hydroxylation sites is 2. The first kappa shape index (κ1) is 16.8. The fourth-order valence-corrected chi connectivity index (χ4v) is 2.59. The first-order valence-electron chi connectivity index (χ1n) is 7.60. The second kappa shape index (κ2) is 7.13. The molecule has 124 valence electrons. The van der Waals surface area contributed by atoms with E-state index in [1.54, 1.807) is 11.5 Å². The summed E-state index contributed by atoms with van der Waals surface area (Å²) in [5, 5.41) is 11.4. The van der Waals surface area contributed by atoms with Gasteiger partial charge in [0.2, 0.25) is 5.91 Å². The molecule has 7 heteroatoms. The first-order valence-corrected chi connectivity index (χ1v) is 7.60. The molecule has 0 aliphatic rings. The van der Waals surface area contributed by atoms with Gasteiger partial charge in [-0.2, -0.15) is 0 Å². The highest BCUT2D eigenvalue weighted by molar-refractivity contribution is 5.81. The standard InChI is InChI=1S/C16H21N3O4/c1-3-18-12-6-4-5-7-13(12)19(16(18)23)10-14(20)17-9-11(2)8-15(21)22/h4-7,11H,3,8-10H2,1-2H3,(H,17,20)(H,21,22). The second-order valence-corrected chi connectivity index (χ2v) is 5.61. The molecule has 2 rings (SSSR count). The predicted octanol–water partition coefficient (Wildman–Crippen LogP) is 1.05. The van der Waals surface area contributed by atoms with Crippen molar-refractivity contribution in [3.63, 3.8) is 0 Å². The maximum absolute atomic E-state index is 12.4. The van der Waals surface area contributed by atoms with E-state index in [0.717, 1.165) is 5.52 Å². The summed E-state index contributed by atoms with van der Waals surface area (Å²) in [6.45, 7) is 4.36. The summed E-state index contributed by atoms with van der Waals surface area (Å²) in [6, 6.07) is 7.34. The average molecular weight is 319 g/mol. The number of imidazole rings is 1. The smallest absolute Gasteiger partial charge is 0.329 e. The number of hydrogen-bond acceptors (Lipinski definition) is 3. The van der Waals surface area contributed by atoms with E-state index >= 15 is 0 Å². The molecule has 0 saturated carbocycles. The molecule has 0 aliphatic carbocycles. The number of carboxylic acids is 1. The van der Waals surface area contributed by atoms with Crippen molar-refractivity contribution in [1.82, 2.24) is 14.5 Å². The predicted molar refractivity (Wildman–Crippen MR) is 86.3 cm³/mol. The SMILES string of the molecule is CCn1c(=O)n(CC(=O)NCC(C)CC(=O)O)c2ccccc21. The van der Waals surface area contributed by atoms with Crippen molar-refractivity contribution >= 4 is 22.9 Å². The molecule has 23 heavy (non-hydrogen) atoms. The highest BCUT2D eigenvalue weighted by Crippen LogP contribution is 2.12. The fourth-order valence-electron chi connectivity index (χ4n) is 2.59. The lowest BCUT2D eigenvalue weighted by molar-refractivity contribution is -0.138. The fraction of sp³-hybridized carbons (Fsp3) is 0.438. The van der Waals surface area contributed by atoms with E-state index in [1.807, 2.05) is 31.2 Å². The molecule has 0 aliphatic heterocycles. The van der Waals surface area contributed by atoms with Gasteiger partial charge in [0.15, 0.2) is 0 Å². The van der Waals surface area contributed by atoms with Crippen molar-refractivity contribution in [2.24, 2.45) is 5.92 Å². The first-order chi connectivity index (χ1) is 10.9. The number of carbonyl (C=O) groups is 2. The number of aromatic nitrogens is 2. The van der Waals surface area contributed by atoms with Crippen LogP contribution in [0.1, 0.15) is 20.3 Å². The lowest BCUT2D eigenvalue weighted by Crippen LogP contribution is -2.35. The topological polar surface area (TPSA) is 93.3 Å². The monoisotopic (exact) mass is 319 g/mol. The van der Waals surface area contributed by atoms with Gasteiger partial charge in [-0.1, -0.05) is 19.1 Å². The molecule has 0 spiro atoms. The third-order valence-electron chi connectivity index (χ3n) is 3.71. The number of aryl methyl sites for hydroxylation is 1. The molecule has 2 aromatic rings. The number of carbonyl (C=O) groups excluding carboxylic acids is 1. The zero-order chi connectivity index (χ0) is 17.0. The Balaban J connectivity index is 2.13. The van der Waals surface area contributed by atoms with Gasteiger partial charge in [-0.3, -0.25) is 18.7 Å². The molecular formula is C16H21N3O4. The van der Waals surface area contributed by atoms with Gasteiger partial charge < -0.3 is 10.4 Å². The van der Waals surface area contributed by atoms with E-state index in [9.17, 15) is 14.4 Å². The Morgan fingerprint density at radius 2 is 1.83 bits per heavy atom. The Labute approximate surface area is 133 Å². The molecule has 0 fully saturated rings. The van der Waals surface area contributed by atoms with Crippen LogP contribution >= 0.6 is 0 Å². The normalized spacial score (nSPS) is 12.3. The van der Waals surface area contributed by atoms with Crippen LogP contribution in [0, 0.1) is 5.92 Å². The molecule has 0 radical (unpaired) electrons. The average Bonchev–Trinajstić information content (AvgIpc) is 2.77. The number of rotatable bonds is 7. The third-order valence-corrected chi connectivity index (χ3v) is 3.71. The van der Waals surface area contributed by atoms with Gasteiger partial charge in [-0.25, -0.2) is 4.79 Å². The van der Waals surface area contributed by atoms with Crippen LogP contribution in [0.4, 0.5) is 0 Å². The number of aliphatic carboxylic acids is 1. The van der Waals surface area contributed by atoms with E-state index in [0.29, 0.717) is 12.1 Å². The number of hydrogen-bond donors (Lipinski definition) is 2. The number of nitrogens with one attached hydrogen (secondary N) is 1. The Hall–Kier alpha value is -2.57. The van der Waals surface area contributed by atoms with Crippen molar-refractivity contribution in [2.75, 3.05) is 6.54 Å². The minimum atomic E-state index is -0.894. The van der Waals surface area contributed by atoms with Crippen molar-refractivity contribution in [1.29, 1.82) is 0 Å². The van der Waals surface area contributed by atoms with E-state index in [2.05, 4.69) is 5.32 Å². The molecule has 2 N–H and O–H groups in total. The molecule has 1 heterocycles. The van der Waals surface area contributed by atoms with E-state index < -0.39 is 5.97 Å². The van der Waals surface area contributed by atoms with Gasteiger partial charge in [-0.15, -0.1) is 0 Å². The summed E-state index contributed by atoms with van der Waals surface area (Å²) in [4.78, 5) is 35.1. The summed E-state index contributed by atoms with van der Waals surface area (Å²) in [5.74, 6) is -1.36. The van der Waals surface area contributed by atoms with Crippen LogP contribution in [-0.4, -0.2) is 32.7 Å². The lowest BCUT2D eigenvalue weighted by Gasteiger charge is -2.10. The third kappa shape index (κ3) is 3.80. The summed E-state index contributed by atoms with van der Waals surface area (Å²) in [7, 11) is 0. The maximum atomic E-state index is 12.4. The van der Waals surface area contributed by atoms with Crippen molar-refractivity contribution in [3.05, 3.63) is 34.7 Å². The minimum absolute atomic E-state index is 0.00459. The van der Waals surface area contributed by atoms with Crippen LogP contribution in [0.15, 0.2) is 29.1 Å². The molecule has 0 bridgehead atoms. The van der Waals surface area contributed by atoms with Crippen molar-refractivity contribution in [2.45, 2.75) is 33.4 Å². The van der Waals surface area contributed by atoms with Crippen LogP contribution in [-0.2, 0) is 22.7 Å². The van der Waals surface area contributed by atoms with Crippen LogP contribution in [0.3, 0.4) is 0 Å². The van der Waals surface area contributed by atoms with Crippen LogP contribution in [0.25, 0.3) is 11.0 Å². The molecular weight excluding hydrogens is 298 g/mol. The molecule has 1 atom stereocenters. The molecule has 7 nitrogen and oxygen atoms in total. The number of fused-ring (bicyclic) bond motifs is 1. The van der Waals surface area contributed by atoms with Crippen LogP contribution in [0.5, 0.6) is 0 Å². The minimum Gasteiger partial charge on any atom is -0.481 e. The second-order valence-electron chi connectivity index (χ2n) is 5.61. The zero-order valence-corrected chi connectivity index (χ0v) is 13.3. The quantitative estimate of drug-likeness (QED) is 0.797. The lowest BCUT2D eigenvalue weighted by atomic mass is 10.1. The Kier molecular flexibility index (Phi) is 5.20. The maximum Gasteiger partial charge on any atom is 0.329 e. The van der Waals surface area contributed by atoms with Crippen molar-refractivity contribution < 1.29 is 14.7 Å². The van der Waals surface area contributed by atoms with Crippen molar-refractivity contribution in [3.8, 4) is 0 Å². The molecule has 1 aromatic heterocycles. The number of amides is 1. The highest BCUT2D eigenvalue weighted by Gasteiger charge is 2.15. The van der Waals surface area contributed by atoms with Gasteiger partial charge in [0.1, 0.15) is 6.54 Å². The Morgan fingerprint density at radius 1 is 1.22 bits per heavy atom. The van der Waals surface area contributed by atoms with Gasteiger partial charge in [0.05, 0.1) is 11.0 Å². The Bertz CT molecular complexity index is 775. The molecule has 1 amide bonds. The number of carboxylic acid groups (broad SMARTS) is 1. The van der Waals surface area contributed by atoms with E-state index in [4.69, 9.17) is 5.11 Å². The van der Waals surface area contributed by atoms with E-state index in [-0.39, 0.29) is 37.0 Å². The number of benzene rings is 1. The van der Waals surface area contributed by atoms with Crippen LogP contribution < -0.4 is 11.0 Å². The largest absolute Gasteiger partial charge is 0.481 e. The molecule has 1 aromatic carbocycles. The van der Waals surface area contributed by atoms with Gasteiger partial charge in [-0.05, 0) is 25.0 Å². The summed E-state index contributed by atoms with van der Waals surface area (Å²) < 4.78 is 3.06. The van der Waals surface area contributed by atoms with Gasteiger partial charge in [0.25, 0.3) is 0 Å².